The number of rotatable bonds is 8. The topological polar surface area (TPSA) is 51.5 Å². The maximum absolute atomic E-state index is 5.78. The second kappa shape index (κ2) is 8.30. The summed E-state index contributed by atoms with van der Waals surface area (Å²) in [6, 6.07) is 4.01. The quantitative estimate of drug-likeness (QED) is 0.720. The van der Waals surface area contributed by atoms with E-state index >= 15 is 0 Å². The van der Waals surface area contributed by atoms with Crippen molar-refractivity contribution in [2.75, 3.05) is 18.5 Å². The molecule has 2 heterocycles. The maximum atomic E-state index is 5.78. The molecule has 0 saturated heterocycles. The van der Waals surface area contributed by atoms with Crippen LogP contribution in [0.5, 0.6) is 0 Å². The fraction of sp³-hybridized carbons (Fsp3) is 0.500. The van der Waals surface area contributed by atoms with Crippen LogP contribution in [0.25, 0.3) is 11.2 Å². The Morgan fingerprint density at radius 2 is 2.28 bits per heavy atom. The van der Waals surface area contributed by atoms with E-state index in [0.717, 1.165) is 49.6 Å². The Kier molecular flexibility index (Phi) is 5.87. The molecule has 0 saturated carbocycles. The van der Waals surface area contributed by atoms with Gasteiger partial charge in [-0.3, -0.25) is 0 Å². The Bertz CT molecular complexity index is 771. The number of anilines is 1. The van der Waals surface area contributed by atoms with Crippen molar-refractivity contribution in [2.45, 2.75) is 52.6 Å². The highest BCUT2D eigenvalue weighted by atomic mass is 16.5. The molecule has 5 nitrogen and oxygen atoms in total. The molecular formula is C20H28N4O. The van der Waals surface area contributed by atoms with E-state index in [1.165, 1.54) is 17.6 Å². The van der Waals surface area contributed by atoms with Crippen LogP contribution in [0.2, 0.25) is 0 Å². The van der Waals surface area contributed by atoms with E-state index in [4.69, 9.17) is 9.84 Å². The van der Waals surface area contributed by atoms with Crippen molar-refractivity contribution >= 4 is 17.0 Å². The zero-order chi connectivity index (χ0) is 17.6. The van der Waals surface area contributed by atoms with Crippen LogP contribution in [-0.2, 0) is 4.74 Å². The van der Waals surface area contributed by atoms with Gasteiger partial charge in [0.2, 0.25) is 0 Å². The van der Waals surface area contributed by atoms with E-state index in [1.807, 2.05) is 29.8 Å². The third-order valence-electron chi connectivity index (χ3n) is 4.37. The van der Waals surface area contributed by atoms with Gasteiger partial charge in [0, 0.05) is 13.2 Å². The summed E-state index contributed by atoms with van der Waals surface area (Å²) in [5.74, 6) is 0.873. The average molecular weight is 340 g/mol. The first-order valence-corrected chi connectivity index (χ1v) is 9.22. The lowest BCUT2D eigenvalue weighted by Crippen LogP contribution is -2.16. The minimum Gasteiger partial charge on any atom is -0.374 e. The molecule has 1 N–H and O–H groups in total. The Morgan fingerprint density at radius 3 is 3.00 bits per heavy atom. The van der Waals surface area contributed by atoms with Crippen LogP contribution >= 0.6 is 0 Å². The first-order valence-electron chi connectivity index (χ1n) is 9.22. The summed E-state index contributed by atoms with van der Waals surface area (Å²) in [7, 11) is 0. The third-order valence-corrected chi connectivity index (χ3v) is 4.37. The van der Waals surface area contributed by atoms with E-state index < -0.39 is 0 Å². The molecule has 0 fully saturated rings. The molecule has 25 heavy (non-hydrogen) atoms. The summed E-state index contributed by atoms with van der Waals surface area (Å²) in [6.07, 6.45) is 11.0. The van der Waals surface area contributed by atoms with Gasteiger partial charge in [-0.05, 0) is 64.2 Å². The molecule has 0 amide bonds. The summed E-state index contributed by atoms with van der Waals surface area (Å²) in [5.41, 5.74) is 4.65. The Morgan fingerprint density at radius 1 is 1.40 bits per heavy atom. The van der Waals surface area contributed by atoms with Crippen LogP contribution in [0.4, 0.5) is 5.82 Å². The van der Waals surface area contributed by atoms with Gasteiger partial charge in [-0.25, -0.2) is 9.50 Å². The molecule has 2 aromatic heterocycles. The van der Waals surface area contributed by atoms with Crippen LogP contribution in [0.3, 0.4) is 0 Å². The lowest BCUT2D eigenvalue weighted by atomic mass is 10.2. The molecule has 0 bridgehead atoms. The molecule has 0 radical (unpaired) electrons. The molecule has 1 unspecified atom stereocenters. The fourth-order valence-corrected chi connectivity index (χ4v) is 3.23. The van der Waals surface area contributed by atoms with Crippen LogP contribution in [0.1, 0.15) is 52.1 Å². The Labute approximate surface area is 149 Å². The van der Waals surface area contributed by atoms with E-state index in [1.54, 1.807) is 0 Å². The predicted molar refractivity (Wildman–Crippen MR) is 103 cm³/mol. The van der Waals surface area contributed by atoms with Gasteiger partial charge in [-0.15, -0.1) is 5.10 Å². The summed E-state index contributed by atoms with van der Waals surface area (Å²) >= 11 is 0. The van der Waals surface area contributed by atoms with Crippen molar-refractivity contribution in [2.24, 2.45) is 0 Å². The number of hydrogen-bond acceptors (Lipinski definition) is 4. The number of ether oxygens (including phenoxy) is 1. The van der Waals surface area contributed by atoms with Crippen molar-refractivity contribution in [3.05, 3.63) is 41.7 Å². The molecular weight excluding hydrogens is 312 g/mol. The molecule has 1 aliphatic carbocycles. The first kappa shape index (κ1) is 17.7. The number of nitrogens with one attached hydrogen (secondary N) is 1. The van der Waals surface area contributed by atoms with Crippen molar-refractivity contribution in [3.8, 4) is 0 Å². The SMILES string of the molecule is CCOC(C=C(C)C)CCNc1ccc2ncc(C3=CCCC3)n2n1. The highest BCUT2D eigenvalue weighted by molar-refractivity contribution is 5.66. The fourth-order valence-electron chi connectivity index (χ4n) is 3.23. The van der Waals surface area contributed by atoms with E-state index in [2.05, 4.69) is 36.3 Å². The third kappa shape index (κ3) is 4.48. The molecule has 5 heteroatoms. The van der Waals surface area contributed by atoms with Crippen LogP contribution in [0, 0.1) is 0 Å². The van der Waals surface area contributed by atoms with Crippen LogP contribution in [-0.4, -0.2) is 33.9 Å². The average Bonchev–Trinajstić information content (AvgIpc) is 3.23. The van der Waals surface area contributed by atoms with Crippen molar-refractivity contribution < 1.29 is 4.74 Å². The second-order valence-corrected chi connectivity index (χ2v) is 6.71. The van der Waals surface area contributed by atoms with E-state index in [-0.39, 0.29) is 6.10 Å². The standard InChI is InChI=1S/C20H28N4O/c1-4-25-17(13-15(2)3)11-12-21-19-9-10-20-22-14-18(24(20)23-19)16-7-5-6-8-16/h7,9-10,13-14,17H,4-6,8,11-12H2,1-3H3,(H,21,23). The minimum absolute atomic E-state index is 0.152. The molecule has 1 aliphatic rings. The van der Waals surface area contributed by atoms with Gasteiger partial charge in [-0.2, -0.15) is 0 Å². The molecule has 2 aromatic rings. The maximum Gasteiger partial charge on any atom is 0.154 e. The highest BCUT2D eigenvalue weighted by Crippen LogP contribution is 2.27. The molecule has 0 aliphatic heterocycles. The van der Waals surface area contributed by atoms with Crippen LogP contribution in [0.15, 0.2) is 36.1 Å². The zero-order valence-electron chi connectivity index (χ0n) is 15.5. The Balaban J connectivity index is 1.67. The number of allylic oxidation sites excluding steroid dienone is 3. The molecule has 134 valence electrons. The van der Waals surface area contributed by atoms with Crippen molar-refractivity contribution in [1.82, 2.24) is 14.6 Å². The molecule has 0 spiro atoms. The number of imidazole rings is 1. The van der Waals surface area contributed by atoms with Gasteiger partial charge in [0.25, 0.3) is 0 Å². The normalized spacial score (nSPS) is 15.2. The summed E-state index contributed by atoms with van der Waals surface area (Å²) in [4.78, 5) is 4.47. The van der Waals surface area contributed by atoms with E-state index in [0.29, 0.717) is 0 Å². The second-order valence-electron chi connectivity index (χ2n) is 6.71. The number of nitrogens with zero attached hydrogens (tertiary/aromatic N) is 3. The molecule has 1 atom stereocenters. The minimum atomic E-state index is 0.152. The lowest BCUT2D eigenvalue weighted by Gasteiger charge is -2.14. The Hall–Kier alpha value is -2.14. The summed E-state index contributed by atoms with van der Waals surface area (Å²) in [5, 5.41) is 8.15. The zero-order valence-corrected chi connectivity index (χ0v) is 15.5. The predicted octanol–water partition coefficient (Wildman–Crippen LogP) is 4.47. The molecule has 0 aromatic carbocycles. The van der Waals surface area contributed by atoms with Gasteiger partial charge in [-0.1, -0.05) is 17.7 Å². The van der Waals surface area contributed by atoms with Gasteiger partial charge < -0.3 is 10.1 Å². The van der Waals surface area contributed by atoms with Gasteiger partial charge in [0.15, 0.2) is 5.65 Å². The first-order chi connectivity index (χ1) is 12.2. The lowest BCUT2D eigenvalue weighted by molar-refractivity contribution is 0.0922. The van der Waals surface area contributed by atoms with Crippen molar-refractivity contribution in [3.63, 3.8) is 0 Å². The summed E-state index contributed by atoms with van der Waals surface area (Å²) in [6.45, 7) is 7.79. The van der Waals surface area contributed by atoms with Gasteiger partial charge >= 0.3 is 0 Å². The summed E-state index contributed by atoms with van der Waals surface area (Å²) < 4.78 is 7.73. The number of fused-ring (bicyclic) bond motifs is 1. The van der Waals surface area contributed by atoms with Gasteiger partial charge in [0.05, 0.1) is 18.0 Å². The van der Waals surface area contributed by atoms with Crippen LogP contribution < -0.4 is 5.32 Å². The van der Waals surface area contributed by atoms with Gasteiger partial charge in [0.1, 0.15) is 5.82 Å². The smallest absolute Gasteiger partial charge is 0.154 e. The highest BCUT2D eigenvalue weighted by Gasteiger charge is 2.13. The largest absolute Gasteiger partial charge is 0.374 e. The van der Waals surface area contributed by atoms with Crippen molar-refractivity contribution in [1.29, 1.82) is 0 Å². The number of aromatic nitrogens is 3. The van der Waals surface area contributed by atoms with E-state index in [9.17, 15) is 0 Å². The number of hydrogen-bond donors (Lipinski definition) is 1. The molecule has 3 rings (SSSR count). The monoisotopic (exact) mass is 340 g/mol.